The highest BCUT2D eigenvalue weighted by Crippen LogP contribution is 2.32. The first-order valence-corrected chi connectivity index (χ1v) is 8.34. The summed E-state index contributed by atoms with van der Waals surface area (Å²) in [5.74, 6) is -1.21. The van der Waals surface area contributed by atoms with E-state index < -0.39 is 17.6 Å². The number of alkyl halides is 3. The number of carbonyl (C=O) groups is 1. The number of carbonyl (C=O) groups excluding carboxylic acids is 1. The monoisotopic (exact) mass is 360 g/mol. The van der Waals surface area contributed by atoms with E-state index in [-0.39, 0.29) is 17.6 Å². The molecule has 1 N–H and O–H groups in total. The van der Waals surface area contributed by atoms with Crippen molar-refractivity contribution in [3.63, 3.8) is 0 Å². The van der Waals surface area contributed by atoms with Gasteiger partial charge in [-0.05, 0) is 43.4 Å². The molecule has 4 nitrogen and oxygen atoms in total. The molecule has 0 unspecified atom stereocenters. The van der Waals surface area contributed by atoms with Crippen molar-refractivity contribution in [2.75, 3.05) is 31.6 Å². The topological polar surface area (TPSA) is 41.6 Å². The van der Waals surface area contributed by atoms with Crippen molar-refractivity contribution in [3.8, 4) is 0 Å². The molecule has 1 aromatic rings. The molecule has 138 valence electrons. The molecule has 2 aliphatic rings. The van der Waals surface area contributed by atoms with Gasteiger partial charge in [0.1, 0.15) is 5.82 Å². The number of amides is 1. The van der Waals surface area contributed by atoms with Crippen LogP contribution in [-0.4, -0.2) is 43.2 Å². The van der Waals surface area contributed by atoms with Gasteiger partial charge in [0.25, 0.3) is 0 Å². The number of anilines is 1. The van der Waals surface area contributed by atoms with E-state index in [9.17, 15) is 22.4 Å². The van der Waals surface area contributed by atoms with Gasteiger partial charge in [0.2, 0.25) is 5.91 Å². The predicted octanol–water partition coefficient (Wildman–Crippen LogP) is 3.28. The van der Waals surface area contributed by atoms with Gasteiger partial charge >= 0.3 is 6.18 Å². The number of likely N-dealkylation sites (tertiary alicyclic amines) is 1. The molecular weight excluding hydrogens is 340 g/mol. The molecule has 3 rings (SSSR count). The summed E-state index contributed by atoms with van der Waals surface area (Å²) in [5.41, 5.74) is -1.30. The SMILES string of the molecule is O=C(Nc1ccc(C(F)(F)F)c(F)c1)[C@@H]1CCN1CC1CCOCC1. The minimum atomic E-state index is -4.75. The molecular formula is C17H20F4N2O2. The van der Waals surface area contributed by atoms with Crippen LogP contribution >= 0.6 is 0 Å². The molecule has 0 radical (unpaired) electrons. The summed E-state index contributed by atoms with van der Waals surface area (Å²) >= 11 is 0. The van der Waals surface area contributed by atoms with Gasteiger partial charge in [0.05, 0.1) is 11.6 Å². The van der Waals surface area contributed by atoms with E-state index in [2.05, 4.69) is 10.2 Å². The standard InChI is InChI=1S/C17H20F4N2O2/c18-14-9-12(1-2-13(14)17(19,20)21)22-16(24)15-3-6-23(15)10-11-4-7-25-8-5-11/h1-2,9,11,15H,3-8,10H2,(H,22,24)/t15-/m0/s1. The average Bonchev–Trinajstić information content (AvgIpc) is 2.51. The summed E-state index contributed by atoms with van der Waals surface area (Å²) in [7, 11) is 0. The Morgan fingerprint density at radius 1 is 1.24 bits per heavy atom. The molecule has 1 amide bonds. The Hall–Kier alpha value is -1.67. The maximum absolute atomic E-state index is 13.6. The first kappa shape index (κ1) is 18.1. The quantitative estimate of drug-likeness (QED) is 0.838. The third-order valence-electron chi connectivity index (χ3n) is 4.81. The summed E-state index contributed by atoms with van der Waals surface area (Å²) in [4.78, 5) is 14.4. The predicted molar refractivity (Wildman–Crippen MR) is 83.6 cm³/mol. The highest BCUT2D eigenvalue weighted by molar-refractivity contribution is 5.95. The Morgan fingerprint density at radius 3 is 2.52 bits per heavy atom. The normalized spacial score (nSPS) is 22.5. The molecule has 1 aromatic carbocycles. The zero-order valence-electron chi connectivity index (χ0n) is 13.6. The van der Waals surface area contributed by atoms with Crippen LogP contribution in [0.15, 0.2) is 18.2 Å². The Bertz CT molecular complexity index is 630. The molecule has 25 heavy (non-hydrogen) atoms. The second-order valence-electron chi connectivity index (χ2n) is 6.54. The number of hydrogen-bond donors (Lipinski definition) is 1. The maximum Gasteiger partial charge on any atom is 0.419 e. The van der Waals surface area contributed by atoms with Crippen molar-refractivity contribution in [2.24, 2.45) is 5.92 Å². The number of nitrogens with zero attached hydrogens (tertiary/aromatic N) is 1. The summed E-state index contributed by atoms with van der Waals surface area (Å²) in [6.45, 7) is 3.10. The van der Waals surface area contributed by atoms with Crippen molar-refractivity contribution < 1.29 is 27.1 Å². The molecule has 8 heteroatoms. The first-order chi connectivity index (χ1) is 11.8. The third-order valence-corrected chi connectivity index (χ3v) is 4.81. The number of ether oxygens (including phenoxy) is 1. The van der Waals surface area contributed by atoms with Crippen LogP contribution in [0.2, 0.25) is 0 Å². The van der Waals surface area contributed by atoms with E-state index >= 15 is 0 Å². The molecule has 0 bridgehead atoms. The number of halogens is 4. The van der Waals surface area contributed by atoms with Crippen LogP contribution in [0.1, 0.15) is 24.8 Å². The summed E-state index contributed by atoms with van der Waals surface area (Å²) in [6.07, 6.45) is -2.12. The average molecular weight is 360 g/mol. The maximum atomic E-state index is 13.6. The van der Waals surface area contributed by atoms with Crippen molar-refractivity contribution in [3.05, 3.63) is 29.6 Å². The molecule has 2 saturated heterocycles. The molecule has 1 atom stereocenters. The van der Waals surface area contributed by atoms with E-state index in [1.54, 1.807) is 0 Å². The summed E-state index contributed by atoms with van der Waals surface area (Å²) in [6, 6.07) is 2.12. The van der Waals surface area contributed by atoms with E-state index in [1.165, 1.54) is 0 Å². The van der Waals surface area contributed by atoms with Gasteiger partial charge in [-0.1, -0.05) is 0 Å². The van der Waals surface area contributed by atoms with Crippen LogP contribution < -0.4 is 5.32 Å². The molecule has 0 saturated carbocycles. The fourth-order valence-electron chi connectivity index (χ4n) is 3.27. The van der Waals surface area contributed by atoms with Crippen LogP contribution in [0.5, 0.6) is 0 Å². The molecule has 0 aliphatic carbocycles. The number of rotatable bonds is 4. The Morgan fingerprint density at radius 2 is 1.96 bits per heavy atom. The Kier molecular flexibility index (Phi) is 5.29. The lowest BCUT2D eigenvalue weighted by molar-refractivity contribution is -0.140. The molecule has 2 fully saturated rings. The summed E-state index contributed by atoms with van der Waals surface area (Å²) < 4.78 is 56.6. The van der Waals surface area contributed by atoms with Crippen molar-refractivity contribution >= 4 is 11.6 Å². The fourth-order valence-corrected chi connectivity index (χ4v) is 3.27. The van der Waals surface area contributed by atoms with Gasteiger partial charge in [-0.2, -0.15) is 13.2 Å². The lowest BCUT2D eigenvalue weighted by Gasteiger charge is -2.42. The van der Waals surface area contributed by atoms with Crippen LogP contribution in [0.3, 0.4) is 0 Å². The second-order valence-corrected chi connectivity index (χ2v) is 6.54. The lowest BCUT2D eigenvalue weighted by Crippen LogP contribution is -2.55. The van der Waals surface area contributed by atoms with Crippen LogP contribution in [0.25, 0.3) is 0 Å². The molecule has 0 spiro atoms. The minimum absolute atomic E-state index is 0.0356. The zero-order chi connectivity index (χ0) is 18.0. The van der Waals surface area contributed by atoms with Crippen molar-refractivity contribution in [1.82, 2.24) is 4.90 Å². The van der Waals surface area contributed by atoms with Gasteiger partial charge in [0, 0.05) is 32.0 Å². The Labute approximate surface area is 143 Å². The van der Waals surface area contributed by atoms with Crippen LogP contribution in [0, 0.1) is 11.7 Å². The smallest absolute Gasteiger partial charge is 0.381 e. The summed E-state index contributed by atoms with van der Waals surface area (Å²) in [5, 5.41) is 2.52. The minimum Gasteiger partial charge on any atom is -0.381 e. The second kappa shape index (κ2) is 7.29. The molecule has 0 aromatic heterocycles. The van der Waals surface area contributed by atoms with Crippen molar-refractivity contribution in [2.45, 2.75) is 31.5 Å². The largest absolute Gasteiger partial charge is 0.419 e. The number of nitrogens with one attached hydrogen (secondary N) is 1. The number of hydrogen-bond acceptors (Lipinski definition) is 3. The van der Waals surface area contributed by atoms with Gasteiger partial charge in [-0.15, -0.1) is 0 Å². The third kappa shape index (κ3) is 4.30. The number of benzene rings is 1. The van der Waals surface area contributed by atoms with Gasteiger partial charge in [-0.25, -0.2) is 4.39 Å². The first-order valence-electron chi connectivity index (χ1n) is 8.34. The fraction of sp³-hybridized carbons (Fsp3) is 0.588. The zero-order valence-corrected chi connectivity index (χ0v) is 13.6. The van der Waals surface area contributed by atoms with E-state index in [4.69, 9.17) is 4.74 Å². The van der Waals surface area contributed by atoms with Gasteiger partial charge in [-0.3, -0.25) is 9.69 Å². The lowest BCUT2D eigenvalue weighted by atomic mass is 9.94. The highest BCUT2D eigenvalue weighted by atomic mass is 19.4. The van der Waals surface area contributed by atoms with Gasteiger partial charge < -0.3 is 10.1 Å². The van der Waals surface area contributed by atoms with E-state index in [0.717, 1.165) is 45.2 Å². The molecule has 2 heterocycles. The van der Waals surface area contributed by atoms with Crippen LogP contribution in [-0.2, 0) is 15.7 Å². The van der Waals surface area contributed by atoms with E-state index in [1.807, 2.05) is 0 Å². The highest BCUT2D eigenvalue weighted by Gasteiger charge is 2.36. The van der Waals surface area contributed by atoms with Gasteiger partial charge in [0.15, 0.2) is 0 Å². The van der Waals surface area contributed by atoms with E-state index in [0.29, 0.717) is 24.5 Å². The van der Waals surface area contributed by atoms with Crippen LogP contribution in [0.4, 0.5) is 23.2 Å². The Balaban J connectivity index is 1.57. The molecule has 2 aliphatic heterocycles. The van der Waals surface area contributed by atoms with Crippen molar-refractivity contribution in [1.29, 1.82) is 0 Å².